The second-order valence-corrected chi connectivity index (χ2v) is 4.43. The van der Waals surface area contributed by atoms with Gasteiger partial charge in [0.15, 0.2) is 0 Å². The molecule has 0 aliphatic carbocycles. The topological polar surface area (TPSA) is 72.2 Å². The Morgan fingerprint density at radius 3 is 2.87 bits per heavy atom. The van der Waals surface area contributed by atoms with Gasteiger partial charge in [0, 0.05) is 17.1 Å². The van der Waals surface area contributed by atoms with Crippen molar-refractivity contribution >= 4 is 28.1 Å². The third-order valence-electron chi connectivity index (χ3n) is 1.62. The van der Waals surface area contributed by atoms with Crippen LogP contribution in [0.25, 0.3) is 0 Å². The van der Waals surface area contributed by atoms with E-state index in [2.05, 4.69) is 5.32 Å². The second kappa shape index (κ2) is 4.88. The maximum absolute atomic E-state index is 12.8. The molecule has 0 aliphatic heterocycles. The summed E-state index contributed by atoms with van der Waals surface area (Å²) in [6.45, 7) is 0. The molecular formula is C9H11FN2O2S. The van der Waals surface area contributed by atoms with Gasteiger partial charge in [0.25, 0.3) is 0 Å². The average molecular weight is 230 g/mol. The smallest absolute Gasteiger partial charge is 0.237 e. The van der Waals surface area contributed by atoms with Crippen molar-refractivity contribution in [1.82, 2.24) is 0 Å². The summed E-state index contributed by atoms with van der Waals surface area (Å²) >= 11 is 0. The molecule has 0 fully saturated rings. The first-order chi connectivity index (χ1) is 6.99. The lowest BCUT2D eigenvalue weighted by atomic mass is 10.2. The quantitative estimate of drug-likeness (QED) is 0.752. The van der Waals surface area contributed by atoms with E-state index in [0.29, 0.717) is 0 Å². The van der Waals surface area contributed by atoms with Crippen LogP contribution in [0.4, 0.5) is 15.8 Å². The molecular weight excluding hydrogens is 219 g/mol. The van der Waals surface area contributed by atoms with Crippen molar-refractivity contribution in [2.75, 3.05) is 23.1 Å². The number of nitrogen functional groups attached to an aromatic ring is 1. The lowest BCUT2D eigenvalue weighted by molar-refractivity contribution is -0.113. The zero-order chi connectivity index (χ0) is 11.4. The van der Waals surface area contributed by atoms with Crippen LogP contribution >= 0.6 is 0 Å². The summed E-state index contributed by atoms with van der Waals surface area (Å²) in [6, 6.07) is 3.67. The van der Waals surface area contributed by atoms with Gasteiger partial charge in [-0.1, -0.05) is 0 Å². The van der Waals surface area contributed by atoms with Gasteiger partial charge in [0.2, 0.25) is 5.91 Å². The van der Waals surface area contributed by atoms with Crippen molar-refractivity contribution < 1.29 is 13.4 Å². The van der Waals surface area contributed by atoms with Gasteiger partial charge in [0.05, 0.1) is 11.4 Å². The molecule has 6 heteroatoms. The predicted octanol–water partition coefficient (Wildman–Crippen LogP) is 0.725. The molecule has 82 valence electrons. The van der Waals surface area contributed by atoms with Gasteiger partial charge in [-0.05, 0) is 18.2 Å². The Kier molecular flexibility index (Phi) is 3.79. The fourth-order valence-corrected chi connectivity index (χ4v) is 1.45. The molecule has 15 heavy (non-hydrogen) atoms. The summed E-state index contributed by atoms with van der Waals surface area (Å²) in [6.07, 6.45) is 1.41. The molecule has 1 unspecified atom stereocenters. The normalized spacial score (nSPS) is 12.1. The van der Waals surface area contributed by atoms with Crippen LogP contribution in [0.3, 0.4) is 0 Å². The molecule has 4 nitrogen and oxygen atoms in total. The molecule has 0 bridgehead atoms. The van der Waals surface area contributed by atoms with Crippen molar-refractivity contribution in [3.63, 3.8) is 0 Å². The summed E-state index contributed by atoms with van der Waals surface area (Å²) in [4.78, 5) is 11.2. The number of carbonyl (C=O) groups excluding carboxylic acids is 1. The van der Waals surface area contributed by atoms with Crippen LogP contribution in [-0.2, 0) is 15.6 Å². The Bertz CT molecular complexity index is 409. The van der Waals surface area contributed by atoms with Gasteiger partial charge in [-0.3, -0.25) is 9.00 Å². The number of amides is 1. The highest BCUT2D eigenvalue weighted by Crippen LogP contribution is 2.18. The molecule has 0 heterocycles. The van der Waals surface area contributed by atoms with E-state index in [-0.39, 0.29) is 17.1 Å². The number of carbonyl (C=O) groups is 1. The Labute approximate surface area is 89.1 Å². The van der Waals surface area contributed by atoms with E-state index in [9.17, 15) is 13.4 Å². The molecule has 0 saturated carbocycles. The molecule has 1 rings (SSSR count). The zero-order valence-electron chi connectivity index (χ0n) is 8.12. The summed E-state index contributed by atoms with van der Waals surface area (Å²) < 4.78 is 23.5. The molecule has 1 aromatic carbocycles. The van der Waals surface area contributed by atoms with Crippen LogP contribution in [0.15, 0.2) is 18.2 Å². The van der Waals surface area contributed by atoms with Gasteiger partial charge in [0.1, 0.15) is 11.6 Å². The Hall–Kier alpha value is -1.43. The van der Waals surface area contributed by atoms with E-state index >= 15 is 0 Å². The standard InChI is InChI=1S/C9H11FN2O2S/c1-15(14)5-9(13)12-8-4-6(10)2-3-7(8)11/h2-4H,5,11H2,1H3,(H,12,13). The fraction of sp³-hybridized carbons (Fsp3) is 0.222. The number of rotatable bonds is 3. The van der Waals surface area contributed by atoms with Crippen LogP contribution in [0.2, 0.25) is 0 Å². The van der Waals surface area contributed by atoms with Crippen LogP contribution in [-0.4, -0.2) is 22.1 Å². The first-order valence-corrected chi connectivity index (χ1v) is 5.86. The molecule has 0 aliphatic rings. The minimum Gasteiger partial charge on any atom is -0.397 e. The summed E-state index contributed by atoms with van der Waals surface area (Å²) in [5.41, 5.74) is 5.98. The van der Waals surface area contributed by atoms with E-state index in [1.54, 1.807) is 0 Å². The molecule has 1 aromatic rings. The van der Waals surface area contributed by atoms with E-state index < -0.39 is 22.5 Å². The predicted molar refractivity (Wildman–Crippen MR) is 58.4 cm³/mol. The van der Waals surface area contributed by atoms with Crippen molar-refractivity contribution in [3.05, 3.63) is 24.0 Å². The highest BCUT2D eigenvalue weighted by atomic mass is 32.2. The number of anilines is 2. The van der Waals surface area contributed by atoms with Crippen LogP contribution in [0, 0.1) is 5.82 Å². The molecule has 1 atom stereocenters. The third-order valence-corrected chi connectivity index (χ3v) is 2.29. The SMILES string of the molecule is CS(=O)CC(=O)Nc1cc(F)ccc1N. The summed E-state index contributed by atoms with van der Waals surface area (Å²) in [5, 5.41) is 2.39. The first-order valence-electron chi connectivity index (χ1n) is 4.14. The minimum absolute atomic E-state index is 0.129. The van der Waals surface area contributed by atoms with Crippen molar-refractivity contribution in [1.29, 1.82) is 0 Å². The van der Waals surface area contributed by atoms with Gasteiger partial charge in [-0.25, -0.2) is 4.39 Å². The van der Waals surface area contributed by atoms with E-state index in [4.69, 9.17) is 5.73 Å². The fourth-order valence-electron chi connectivity index (χ4n) is 1.01. The monoisotopic (exact) mass is 230 g/mol. The van der Waals surface area contributed by atoms with Gasteiger partial charge >= 0.3 is 0 Å². The molecule has 0 radical (unpaired) electrons. The van der Waals surface area contributed by atoms with Gasteiger partial charge < -0.3 is 11.1 Å². The number of benzene rings is 1. The lowest BCUT2D eigenvalue weighted by Gasteiger charge is -2.06. The average Bonchev–Trinajstić information content (AvgIpc) is 2.10. The van der Waals surface area contributed by atoms with Crippen LogP contribution in [0.5, 0.6) is 0 Å². The zero-order valence-corrected chi connectivity index (χ0v) is 8.94. The highest BCUT2D eigenvalue weighted by Gasteiger charge is 2.07. The maximum Gasteiger partial charge on any atom is 0.237 e. The van der Waals surface area contributed by atoms with E-state index in [0.717, 1.165) is 6.07 Å². The van der Waals surface area contributed by atoms with Crippen molar-refractivity contribution in [3.8, 4) is 0 Å². The largest absolute Gasteiger partial charge is 0.397 e. The molecule has 0 aromatic heterocycles. The number of hydrogen-bond donors (Lipinski definition) is 2. The summed E-state index contributed by atoms with van der Waals surface area (Å²) in [7, 11) is -1.23. The second-order valence-electron chi connectivity index (χ2n) is 3.00. The minimum atomic E-state index is -1.23. The number of nitrogens with two attached hydrogens (primary N) is 1. The summed E-state index contributed by atoms with van der Waals surface area (Å²) in [5.74, 6) is -1.07. The molecule has 1 amide bonds. The molecule has 0 spiro atoms. The molecule has 0 saturated heterocycles. The first kappa shape index (κ1) is 11.6. The van der Waals surface area contributed by atoms with Gasteiger partial charge in [-0.15, -0.1) is 0 Å². The van der Waals surface area contributed by atoms with E-state index in [1.807, 2.05) is 0 Å². The molecule has 3 N–H and O–H groups in total. The lowest BCUT2D eigenvalue weighted by Crippen LogP contribution is -2.19. The maximum atomic E-state index is 12.8. The van der Waals surface area contributed by atoms with Crippen molar-refractivity contribution in [2.24, 2.45) is 0 Å². The third kappa shape index (κ3) is 3.67. The highest BCUT2D eigenvalue weighted by molar-refractivity contribution is 7.85. The number of nitrogens with one attached hydrogen (secondary N) is 1. The van der Waals surface area contributed by atoms with Crippen LogP contribution in [0.1, 0.15) is 0 Å². The van der Waals surface area contributed by atoms with Crippen molar-refractivity contribution in [2.45, 2.75) is 0 Å². The van der Waals surface area contributed by atoms with E-state index in [1.165, 1.54) is 18.4 Å². The number of halogens is 1. The Balaban J connectivity index is 2.76. The van der Waals surface area contributed by atoms with Gasteiger partial charge in [-0.2, -0.15) is 0 Å². The number of hydrogen-bond acceptors (Lipinski definition) is 3. The Morgan fingerprint density at radius 1 is 1.60 bits per heavy atom. The Morgan fingerprint density at radius 2 is 2.27 bits per heavy atom. The van der Waals surface area contributed by atoms with Crippen LogP contribution < -0.4 is 11.1 Å².